The summed E-state index contributed by atoms with van der Waals surface area (Å²) < 4.78 is 17.7. The fraction of sp³-hybridized carbons (Fsp3) is 0.750. The summed E-state index contributed by atoms with van der Waals surface area (Å²) in [4.78, 5) is 12.2. The van der Waals surface area contributed by atoms with Crippen LogP contribution in [0, 0.1) is 11.8 Å². The average Bonchev–Trinajstić information content (AvgIpc) is 3.06. The van der Waals surface area contributed by atoms with Crippen molar-refractivity contribution < 1.29 is 29.2 Å². The summed E-state index contributed by atoms with van der Waals surface area (Å²) in [5.41, 5.74) is 0.108. The maximum Gasteiger partial charge on any atom is 0.334 e. The summed E-state index contributed by atoms with van der Waals surface area (Å²) in [6.07, 6.45) is 3.25. The van der Waals surface area contributed by atoms with Gasteiger partial charge < -0.3 is 24.4 Å². The van der Waals surface area contributed by atoms with Crippen LogP contribution in [0.5, 0.6) is 0 Å². The lowest BCUT2D eigenvalue weighted by molar-refractivity contribution is -0.205. The van der Waals surface area contributed by atoms with E-state index in [0.717, 1.165) is 6.42 Å². The molecule has 3 heterocycles. The second-order valence-electron chi connectivity index (χ2n) is 8.20. The quantitative estimate of drug-likeness (QED) is 0.440. The number of aliphatic hydroxyl groups excluding tert-OH is 1. The Labute approximate surface area is 154 Å². The van der Waals surface area contributed by atoms with Crippen LogP contribution >= 0.6 is 0 Å². The zero-order valence-corrected chi connectivity index (χ0v) is 15.9. The number of hydrogen-bond donors (Lipinski definition) is 2. The Morgan fingerprint density at radius 1 is 1.46 bits per heavy atom. The van der Waals surface area contributed by atoms with Gasteiger partial charge in [0, 0.05) is 30.6 Å². The number of fused-ring (bicyclic) bond motifs is 3. The minimum Gasteiger partial charge on any atom is -0.454 e. The topological polar surface area (TPSA) is 85.2 Å². The molecule has 0 aromatic carbocycles. The predicted octanol–water partition coefficient (Wildman–Crippen LogP) is 2.10. The van der Waals surface area contributed by atoms with E-state index in [4.69, 9.17) is 14.2 Å². The van der Waals surface area contributed by atoms with Crippen LogP contribution in [-0.2, 0) is 19.0 Å². The molecule has 2 saturated heterocycles. The van der Waals surface area contributed by atoms with E-state index in [1.807, 2.05) is 6.92 Å². The van der Waals surface area contributed by atoms with Gasteiger partial charge in [-0.05, 0) is 25.3 Å². The molecule has 6 nitrogen and oxygen atoms in total. The van der Waals surface area contributed by atoms with Crippen LogP contribution in [0.1, 0.15) is 46.5 Å². The van der Waals surface area contributed by atoms with Crippen LogP contribution in [0.2, 0.25) is 0 Å². The van der Waals surface area contributed by atoms with Crippen LogP contribution in [-0.4, -0.2) is 53.0 Å². The molecule has 2 N–H and O–H groups in total. The zero-order chi connectivity index (χ0) is 19.1. The smallest absolute Gasteiger partial charge is 0.334 e. The normalized spacial score (nSPS) is 43.0. The Morgan fingerprint density at radius 2 is 2.19 bits per heavy atom. The lowest BCUT2D eigenvalue weighted by Gasteiger charge is -2.34. The summed E-state index contributed by atoms with van der Waals surface area (Å²) in [6.45, 7) is 10.3. The van der Waals surface area contributed by atoms with Gasteiger partial charge in [0.1, 0.15) is 6.10 Å². The van der Waals surface area contributed by atoms with Crippen molar-refractivity contribution in [3.63, 3.8) is 0 Å². The van der Waals surface area contributed by atoms with Crippen LogP contribution in [0.3, 0.4) is 0 Å². The second-order valence-corrected chi connectivity index (χ2v) is 8.20. The third kappa shape index (κ3) is 3.48. The van der Waals surface area contributed by atoms with Gasteiger partial charge in [0.05, 0.1) is 24.2 Å². The van der Waals surface area contributed by atoms with Gasteiger partial charge in [-0.25, -0.2) is 4.79 Å². The fourth-order valence-corrected chi connectivity index (χ4v) is 4.12. The van der Waals surface area contributed by atoms with E-state index in [2.05, 4.69) is 20.4 Å². The molecule has 0 unspecified atom stereocenters. The molecule has 0 aromatic rings. The number of rotatable bonds is 5. The SMILES string of the molecule is C=C1C(=O)O[C@@H]2/C=C(/CO)[C@]3(O)CC[C@](C)(C[C@H](OC[C@@H](C)CC)[C@@H]12)O3. The highest BCUT2D eigenvalue weighted by molar-refractivity contribution is 5.91. The van der Waals surface area contributed by atoms with Gasteiger partial charge in [0.2, 0.25) is 0 Å². The summed E-state index contributed by atoms with van der Waals surface area (Å²) in [5.74, 6) is -1.94. The summed E-state index contributed by atoms with van der Waals surface area (Å²) in [5, 5.41) is 20.7. The monoisotopic (exact) mass is 366 g/mol. The molecule has 0 amide bonds. The van der Waals surface area contributed by atoms with Crippen molar-refractivity contribution in [1.29, 1.82) is 0 Å². The van der Waals surface area contributed by atoms with Crippen molar-refractivity contribution in [2.45, 2.75) is 70.1 Å². The molecule has 6 heteroatoms. The van der Waals surface area contributed by atoms with Gasteiger partial charge in [-0.1, -0.05) is 26.8 Å². The van der Waals surface area contributed by atoms with E-state index in [-0.39, 0.29) is 18.6 Å². The number of carbonyl (C=O) groups is 1. The fourth-order valence-electron chi connectivity index (χ4n) is 4.12. The third-order valence-electron chi connectivity index (χ3n) is 6.03. The van der Waals surface area contributed by atoms with Gasteiger partial charge in [-0.2, -0.15) is 0 Å². The Hall–Kier alpha value is -1.21. The molecule has 6 atom stereocenters. The molecule has 26 heavy (non-hydrogen) atoms. The van der Waals surface area contributed by atoms with Gasteiger partial charge in [0.25, 0.3) is 0 Å². The Kier molecular flexibility index (Phi) is 5.32. The van der Waals surface area contributed by atoms with Gasteiger partial charge in [0.15, 0.2) is 5.79 Å². The number of ether oxygens (including phenoxy) is 3. The molecule has 0 saturated carbocycles. The maximum absolute atomic E-state index is 12.2. The Balaban J connectivity index is 1.98. The molecule has 0 aromatic heterocycles. The molecule has 0 radical (unpaired) electrons. The largest absolute Gasteiger partial charge is 0.454 e. The average molecular weight is 366 g/mol. The van der Waals surface area contributed by atoms with E-state index >= 15 is 0 Å². The highest BCUT2D eigenvalue weighted by Crippen LogP contribution is 2.47. The molecular weight excluding hydrogens is 336 g/mol. The molecule has 146 valence electrons. The molecule has 2 fully saturated rings. The summed E-state index contributed by atoms with van der Waals surface area (Å²) in [6, 6.07) is 0. The lowest BCUT2D eigenvalue weighted by atomic mass is 9.81. The highest BCUT2D eigenvalue weighted by atomic mass is 16.6. The molecule has 0 aliphatic carbocycles. The standard InChI is InChI=1S/C20H30O6/c1-5-12(2)11-24-16-9-19(4)6-7-20(23,26-19)14(10-21)8-15-17(16)13(3)18(22)25-15/h8,12,15-17,21,23H,3,5-7,9-11H2,1-2,4H3/b14-8-/t12-,15+,16-,17-,19+,20-/m0/s1. The van der Waals surface area contributed by atoms with E-state index in [1.54, 1.807) is 6.08 Å². The van der Waals surface area contributed by atoms with E-state index in [0.29, 0.717) is 42.9 Å². The van der Waals surface area contributed by atoms with Crippen molar-refractivity contribution in [2.24, 2.45) is 11.8 Å². The third-order valence-corrected chi connectivity index (χ3v) is 6.03. The second kappa shape index (κ2) is 7.08. The van der Waals surface area contributed by atoms with Crippen molar-refractivity contribution >= 4 is 5.97 Å². The molecule has 0 spiro atoms. The predicted molar refractivity (Wildman–Crippen MR) is 95.2 cm³/mol. The van der Waals surface area contributed by atoms with Gasteiger partial charge in [-0.15, -0.1) is 0 Å². The van der Waals surface area contributed by atoms with Crippen LogP contribution < -0.4 is 0 Å². The highest BCUT2D eigenvalue weighted by Gasteiger charge is 2.54. The number of esters is 1. The number of hydrogen-bond acceptors (Lipinski definition) is 6. The first kappa shape index (κ1) is 19.5. The van der Waals surface area contributed by atoms with Crippen LogP contribution in [0.25, 0.3) is 0 Å². The minimum atomic E-state index is -1.53. The van der Waals surface area contributed by atoms with E-state index in [9.17, 15) is 15.0 Å². The molecule has 2 bridgehead atoms. The first-order chi connectivity index (χ1) is 12.2. The van der Waals surface area contributed by atoms with E-state index < -0.39 is 23.5 Å². The van der Waals surface area contributed by atoms with Gasteiger partial charge >= 0.3 is 5.97 Å². The van der Waals surface area contributed by atoms with Crippen LogP contribution in [0.15, 0.2) is 23.8 Å². The van der Waals surface area contributed by atoms with Crippen molar-refractivity contribution in [3.05, 3.63) is 23.8 Å². The van der Waals surface area contributed by atoms with Gasteiger partial charge in [-0.3, -0.25) is 0 Å². The number of aliphatic hydroxyl groups is 2. The summed E-state index contributed by atoms with van der Waals surface area (Å²) in [7, 11) is 0. The summed E-state index contributed by atoms with van der Waals surface area (Å²) >= 11 is 0. The lowest BCUT2D eigenvalue weighted by Crippen LogP contribution is -2.40. The molecule has 3 aliphatic heterocycles. The van der Waals surface area contributed by atoms with Crippen molar-refractivity contribution in [3.8, 4) is 0 Å². The van der Waals surface area contributed by atoms with E-state index in [1.165, 1.54) is 0 Å². The molecule has 3 aliphatic rings. The van der Waals surface area contributed by atoms with Crippen LogP contribution in [0.4, 0.5) is 0 Å². The number of carbonyl (C=O) groups excluding carboxylic acids is 1. The molecule has 3 rings (SSSR count). The maximum atomic E-state index is 12.2. The Bertz CT molecular complexity index is 613. The van der Waals surface area contributed by atoms with Crippen molar-refractivity contribution in [2.75, 3.05) is 13.2 Å². The first-order valence-electron chi connectivity index (χ1n) is 9.47. The first-order valence-corrected chi connectivity index (χ1v) is 9.47. The molecular formula is C20H30O6. The Morgan fingerprint density at radius 3 is 2.85 bits per heavy atom. The van der Waals surface area contributed by atoms with Crippen molar-refractivity contribution in [1.82, 2.24) is 0 Å². The zero-order valence-electron chi connectivity index (χ0n) is 15.9. The minimum absolute atomic E-state index is 0.311.